The number of fused-ring (bicyclic) bond motifs is 1. The summed E-state index contributed by atoms with van der Waals surface area (Å²) in [6, 6.07) is 10.6. The van der Waals surface area contributed by atoms with Crippen molar-refractivity contribution in [1.82, 2.24) is 19.7 Å². The fourth-order valence-corrected chi connectivity index (χ4v) is 5.54. The molecule has 44 heavy (non-hydrogen) atoms. The van der Waals surface area contributed by atoms with Crippen LogP contribution in [0.15, 0.2) is 55.0 Å². The van der Waals surface area contributed by atoms with E-state index in [1.54, 1.807) is 47.4 Å². The Morgan fingerprint density at radius 2 is 2.05 bits per heavy atom. The lowest BCUT2D eigenvalue weighted by Gasteiger charge is -2.33. The minimum absolute atomic E-state index is 0.0846. The number of unbranched alkanes of at least 4 members (excludes halogenated alkanes) is 2. The van der Waals surface area contributed by atoms with Crippen LogP contribution in [-0.4, -0.2) is 30.8 Å². The third-order valence-electron chi connectivity index (χ3n) is 7.94. The summed E-state index contributed by atoms with van der Waals surface area (Å²) in [5.74, 6) is 0.113. The number of nitrogens with one attached hydrogen (secondary N) is 1. The number of nitrogens with zero attached hydrogens (tertiary/aromatic N) is 5. The zero-order chi connectivity index (χ0) is 30.8. The molecule has 0 bridgehead atoms. The van der Waals surface area contributed by atoms with Crippen molar-refractivity contribution in [3.63, 3.8) is 0 Å². The van der Waals surface area contributed by atoms with Crippen LogP contribution in [0.5, 0.6) is 0 Å². The average Bonchev–Trinajstić information content (AvgIpc) is 3.77. The number of aryl methyl sites for hydroxylation is 1. The Morgan fingerprint density at radius 1 is 1.20 bits per heavy atom. The maximum absolute atomic E-state index is 15.4. The van der Waals surface area contributed by atoms with E-state index in [2.05, 4.69) is 22.3 Å². The molecule has 0 saturated heterocycles. The van der Waals surface area contributed by atoms with Gasteiger partial charge in [-0.05, 0) is 54.5 Å². The molecule has 1 aliphatic carbocycles. The molecule has 1 saturated carbocycles. The highest BCUT2D eigenvalue weighted by Gasteiger charge is 2.31. The highest BCUT2D eigenvalue weighted by molar-refractivity contribution is 5.78. The molecule has 2 aromatic heterocycles. The summed E-state index contributed by atoms with van der Waals surface area (Å²) < 4.78 is 22.8. The maximum Gasteiger partial charge on any atom is 0.306 e. The predicted molar refractivity (Wildman–Crippen MR) is 167 cm³/mol. The number of carbonyl (C=O) groups is 1. The standard InChI is InChI=1S/C33H36FN7O3/c1-3-4-5-9-30(42)44-19-25-24(27-16-29(35)39-33(38-27)37-23-17-36-40(2)18-23)7-6-8-28(25)41-13-12-21-14-22(20-10-11-20)15-26(34)31(21)32(41)43/h6-8,12-18,20,32,43H,3-5,9-11,19H2,1-2H3,(H3,35,37,38,39). The van der Waals surface area contributed by atoms with Gasteiger partial charge in [-0.15, -0.1) is 0 Å². The van der Waals surface area contributed by atoms with Crippen LogP contribution in [0.1, 0.15) is 79.8 Å². The number of nitrogens with two attached hydrogens (primary N) is 1. The number of esters is 1. The molecule has 2 aromatic carbocycles. The van der Waals surface area contributed by atoms with E-state index in [0.717, 1.165) is 37.7 Å². The van der Waals surface area contributed by atoms with Gasteiger partial charge in [0.2, 0.25) is 5.95 Å². The minimum atomic E-state index is -1.30. The van der Waals surface area contributed by atoms with E-state index in [1.165, 1.54) is 6.07 Å². The van der Waals surface area contributed by atoms with E-state index in [4.69, 9.17) is 15.5 Å². The number of ether oxygens (including phenoxy) is 1. The van der Waals surface area contributed by atoms with E-state index in [0.29, 0.717) is 46.1 Å². The Morgan fingerprint density at radius 3 is 2.80 bits per heavy atom. The molecule has 11 heteroatoms. The summed E-state index contributed by atoms with van der Waals surface area (Å²) in [6.45, 7) is 1.99. The molecule has 6 rings (SSSR count). The summed E-state index contributed by atoms with van der Waals surface area (Å²) in [7, 11) is 1.80. The first kappa shape index (κ1) is 29.3. The van der Waals surface area contributed by atoms with Gasteiger partial charge in [-0.3, -0.25) is 9.48 Å². The fraction of sp³-hybridized carbons (Fsp3) is 0.333. The van der Waals surface area contributed by atoms with Crippen molar-refractivity contribution in [2.75, 3.05) is 16.0 Å². The number of aliphatic hydroxyl groups is 1. The van der Waals surface area contributed by atoms with Crippen molar-refractivity contribution in [3.8, 4) is 11.3 Å². The molecule has 2 aliphatic rings. The molecule has 228 valence electrons. The molecule has 4 N–H and O–H groups in total. The van der Waals surface area contributed by atoms with Crippen molar-refractivity contribution < 1.29 is 19.0 Å². The highest BCUT2D eigenvalue weighted by atomic mass is 19.1. The summed E-state index contributed by atoms with van der Waals surface area (Å²) in [5.41, 5.74) is 11.0. The van der Waals surface area contributed by atoms with Crippen molar-refractivity contribution in [1.29, 1.82) is 0 Å². The number of halogens is 1. The van der Waals surface area contributed by atoms with Crippen LogP contribution in [0.3, 0.4) is 0 Å². The van der Waals surface area contributed by atoms with E-state index in [-0.39, 0.29) is 29.9 Å². The number of anilines is 4. The number of carbonyl (C=O) groups excluding carboxylic acids is 1. The van der Waals surface area contributed by atoms with Crippen LogP contribution in [0.4, 0.5) is 27.5 Å². The molecule has 1 aliphatic heterocycles. The Labute approximate surface area is 255 Å². The lowest BCUT2D eigenvalue weighted by atomic mass is 9.95. The monoisotopic (exact) mass is 597 g/mol. The lowest BCUT2D eigenvalue weighted by molar-refractivity contribution is -0.145. The zero-order valence-electron chi connectivity index (χ0n) is 24.8. The van der Waals surface area contributed by atoms with Gasteiger partial charge in [0.25, 0.3) is 0 Å². The van der Waals surface area contributed by atoms with Gasteiger partial charge >= 0.3 is 5.97 Å². The van der Waals surface area contributed by atoms with Gasteiger partial charge in [0, 0.05) is 48.6 Å². The second-order valence-electron chi connectivity index (χ2n) is 11.3. The molecule has 0 spiro atoms. The molecule has 10 nitrogen and oxygen atoms in total. The number of aromatic nitrogens is 4. The van der Waals surface area contributed by atoms with E-state index >= 15 is 4.39 Å². The smallest absolute Gasteiger partial charge is 0.306 e. The Bertz CT molecular complexity index is 1720. The Kier molecular flexibility index (Phi) is 8.30. The molecule has 1 unspecified atom stereocenters. The summed E-state index contributed by atoms with van der Waals surface area (Å²) in [6.07, 6.45) is 10.7. The van der Waals surface area contributed by atoms with Crippen LogP contribution in [-0.2, 0) is 23.2 Å². The molecule has 1 fully saturated rings. The SMILES string of the molecule is CCCCCC(=O)OCc1c(-c2cc(N)nc(Nc3cnn(C)c3)n2)cccc1N1C=Cc2cc(C3CC3)cc(F)c2C1O. The van der Waals surface area contributed by atoms with Crippen molar-refractivity contribution in [2.24, 2.45) is 7.05 Å². The summed E-state index contributed by atoms with van der Waals surface area (Å²) >= 11 is 0. The number of benzene rings is 2. The first-order valence-corrected chi connectivity index (χ1v) is 15.0. The number of aliphatic hydroxyl groups excluding tert-OH is 1. The normalized spacial score (nSPS) is 15.7. The largest absolute Gasteiger partial charge is 0.461 e. The molecular formula is C33H36FN7O3. The molecule has 3 heterocycles. The number of hydrogen-bond donors (Lipinski definition) is 3. The van der Waals surface area contributed by atoms with Crippen molar-refractivity contribution >= 4 is 35.2 Å². The van der Waals surface area contributed by atoms with Gasteiger partial charge in [0.15, 0.2) is 6.23 Å². The van der Waals surface area contributed by atoms with E-state index < -0.39 is 12.0 Å². The zero-order valence-corrected chi connectivity index (χ0v) is 24.8. The predicted octanol–water partition coefficient (Wildman–Crippen LogP) is 6.32. The highest BCUT2D eigenvalue weighted by Crippen LogP contribution is 2.44. The average molecular weight is 598 g/mol. The van der Waals surface area contributed by atoms with Gasteiger partial charge in [-0.1, -0.05) is 38.0 Å². The molecular weight excluding hydrogens is 561 g/mol. The van der Waals surface area contributed by atoms with Crippen LogP contribution in [0.25, 0.3) is 17.3 Å². The summed E-state index contributed by atoms with van der Waals surface area (Å²) in [4.78, 5) is 23.3. The number of nitrogen functional groups attached to an aromatic ring is 1. The first-order chi connectivity index (χ1) is 21.3. The second kappa shape index (κ2) is 12.5. The van der Waals surface area contributed by atoms with Crippen LogP contribution in [0.2, 0.25) is 0 Å². The first-order valence-electron chi connectivity index (χ1n) is 15.0. The van der Waals surface area contributed by atoms with E-state index in [1.807, 2.05) is 24.3 Å². The van der Waals surface area contributed by atoms with Crippen molar-refractivity contribution in [2.45, 2.75) is 64.2 Å². The molecule has 0 amide bonds. The van der Waals surface area contributed by atoms with Crippen LogP contribution in [0, 0.1) is 5.82 Å². The molecule has 0 radical (unpaired) electrons. The third kappa shape index (κ3) is 6.28. The van der Waals surface area contributed by atoms with Gasteiger partial charge < -0.3 is 25.8 Å². The summed E-state index contributed by atoms with van der Waals surface area (Å²) in [5, 5.41) is 18.8. The van der Waals surface area contributed by atoms with Gasteiger partial charge in [-0.25, -0.2) is 9.37 Å². The number of rotatable bonds is 11. The minimum Gasteiger partial charge on any atom is -0.461 e. The second-order valence-corrected chi connectivity index (χ2v) is 11.3. The van der Waals surface area contributed by atoms with E-state index in [9.17, 15) is 9.90 Å². The van der Waals surface area contributed by atoms with Crippen molar-refractivity contribution in [3.05, 3.63) is 83.1 Å². The number of hydrogen-bond acceptors (Lipinski definition) is 9. The third-order valence-corrected chi connectivity index (χ3v) is 7.94. The van der Waals surface area contributed by atoms with Crippen LogP contribution < -0.4 is 16.0 Å². The Balaban J connectivity index is 1.38. The quantitative estimate of drug-likeness (QED) is 0.134. The topological polar surface area (TPSA) is 131 Å². The van der Waals surface area contributed by atoms with Gasteiger partial charge in [0.1, 0.15) is 18.2 Å². The lowest BCUT2D eigenvalue weighted by Crippen LogP contribution is -2.28. The molecule has 1 atom stereocenters. The molecule has 4 aromatic rings. The van der Waals surface area contributed by atoms with Crippen LogP contribution >= 0.6 is 0 Å². The fourth-order valence-electron chi connectivity index (χ4n) is 5.54. The maximum atomic E-state index is 15.4. The van der Waals surface area contributed by atoms with Gasteiger partial charge in [-0.2, -0.15) is 10.1 Å². The Hall–Kier alpha value is -4.77. The van der Waals surface area contributed by atoms with Gasteiger partial charge in [0.05, 0.1) is 23.3 Å².